The molecule has 3 N–H and O–H groups in total. The largest absolute Gasteiger partial charge is 0.489 e. The lowest BCUT2D eigenvalue weighted by atomic mass is 10.1. The van der Waals surface area contributed by atoms with Crippen LogP contribution >= 0.6 is 0 Å². The van der Waals surface area contributed by atoms with Crippen LogP contribution in [0.2, 0.25) is 0 Å². The van der Waals surface area contributed by atoms with Crippen LogP contribution in [0.25, 0.3) is 0 Å². The highest BCUT2D eigenvalue weighted by atomic mass is 16.5. The lowest BCUT2D eigenvalue weighted by Crippen LogP contribution is -2.36. The monoisotopic (exact) mass is 380 g/mol. The van der Waals surface area contributed by atoms with Gasteiger partial charge < -0.3 is 20.7 Å². The fraction of sp³-hybridized carbons (Fsp3) is 0.273. The van der Waals surface area contributed by atoms with Crippen LogP contribution in [0, 0.1) is 0 Å². The van der Waals surface area contributed by atoms with Crippen LogP contribution in [0.15, 0.2) is 66.2 Å². The molecule has 148 valence electrons. The highest BCUT2D eigenvalue weighted by Crippen LogP contribution is 2.17. The van der Waals surface area contributed by atoms with Crippen molar-refractivity contribution in [1.29, 1.82) is 0 Å². The number of nitrogens with zero attached hydrogens (tertiary/aromatic N) is 1. The molecule has 0 aliphatic heterocycles. The number of amides is 1. The van der Waals surface area contributed by atoms with Crippen molar-refractivity contribution < 1.29 is 9.53 Å². The van der Waals surface area contributed by atoms with Gasteiger partial charge in [-0.3, -0.25) is 4.79 Å². The number of ether oxygens (including phenoxy) is 1. The standard InChI is InChI=1S/C22H28N4O2/c1-4-14-28-20-9-7-6-8-19(20)16-26-22(24-5-2)25-15-17-10-12-18(13-11-17)21(27)23-3/h4,6-13H,1,5,14-16H2,2-3H3,(H,23,27)(H2,24,25,26). The Morgan fingerprint density at radius 3 is 2.57 bits per heavy atom. The van der Waals surface area contributed by atoms with Gasteiger partial charge in [0.15, 0.2) is 5.96 Å². The van der Waals surface area contributed by atoms with Crippen LogP contribution in [0.4, 0.5) is 0 Å². The minimum Gasteiger partial charge on any atom is -0.489 e. The Bertz CT molecular complexity index is 800. The molecule has 28 heavy (non-hydrogen) atoms. The first-order valence-electron chi connectivity index (χ1n) is 9.32. The molecular formula is C22H28N4O2. The van der Waals surface area contributed by atoms with Crippen LogP contribution in [-0.2, 0) is 13.1 Å². The van der Waals surface area contributed by atoms with Gasteiger partial charge in [-0.15, -0.1) is 0 Å². The quantitative estimate of drug-likeness (QED) is 0.355. The van der Waals surface area contributed by atoms with E-state index in [1.807, 2.05) is 43.3 Å². The van der Waals surface area contributed by atoms with E-state index in [0.717, 1.165) is 29.4 Å². The van der Waals surface area contributed by atoms with E-state index >= 15 is 0 Å². The number of hydrogen-bond donors (Lipinski definition) is 3. The van der Waals surface area contributed by atoms with Gasteiger partial charge in [0.2, 0.25) is 0 Å². The molecule has 0 bridgehead atoms. The maximum absolute atomic E-state index is 11.6. The second-order valence-corrected chi connectivity index (χ2v) is 6.03. The van der Waals surface area contributed by atoms with E-state index in [4.69, 9.17) is 4.74 Å². The third-order valence-electron chi connectivity index (χ3n) is 3.98. The number of hydrogen-bond acceptors (Lipinski definition) is 3. The lowest BCUT2D eigenvalue weighted by molar-refractivity contribution is 0.0963. The van der Waals surface area contributed by atoms with Crippen molar-refractivity contribution in [2.75, 3.05) is 20.2 Å². The number of benzene rings is 2. The molecule has 0 aromatic heterocycles. The zero-order chi connectivity index (χ0) is 20.2. The van der Waals surface area contributed by atoms with Gasteiger partial charge in [0.1, 0.15) is 12.4 Å². The number of rotatable bonds is 9. The molecule has 0 fully saturated rings. The fourth-order valence-electron chi connectivity index (χ4n) is 2.54. The van der Waals surface area contributed by atoms with E-state index < -0.39 is 0 Å². The summed E-state index contributed by atoms with van der Waals surface area (Å²) in [4.78, 5) is 16.2. The van der Waals surface area contributed by atoms with Gasteiger partial charge in [-0.05, 0) is 30.7 Å². The van der Waals surface area contributed by atoms with Gasteiger partial charge in [-0.25, -0.2) is 4.99 Å². The summed E-state index contributed by atoms with van der Waals surface area (Å²) in [5, 5.41) is 9.19. The molecule has 0 radical (unpaired) electrons. The average molecular weight is 380 g/mol. The summed E-state index contributed by atoms with van der Waals surface area (Å²) in [5.41, 5.74) is 2.71. The number of aliphatic imine (C=N–C) groups is 1. The van der Waals surface area contributed by atoms with Gasteiger partial charge in [0, 0.05) is 31.3 Å². The molecule has 0 saturated heterocycles. The first kappa shape index (κ1) is 21.0. The molecular weight excluding hydrogens is 352 g/mol. The molecule has 2 aromatic rings. The maximum atomic E-state index is 11.6. The minimum absolute atomic E-state index is 0.0950. The van der Waals surface area contributed by atoms with Crippen LogP contribution in [0.1, 0.15) is 28.4 Å². The molecule has 0 aliphatic rings. The van der Waals surface area contributed by atoms with Crippen molar-refractivity contribution >= 4 is 11.9 Å². The van der Waals surface area contributed by atoms with Gasteiger partial charge in [-0.2, -0.15) is 0 Å². The molecule has 2 rings (SSSR count). The summed E-state index contributed by atoms with van der Waals surface area (Å²) in [6.07, 6.45) is 1.73. The third kappa shape index (κ3) is 6.46. The number of para-hydroxylation sites is 1. The topological polar surface area (TPSA) is 74.8 Å². The van der Waals surface area contributed by atoms with E-state index in [2.05, 4.69) is 27.5 Å². The van der Waals surface area contributed by atoms with Crippen molar-refractivity contribution in [3.63, 3.8) is 0 Å². The van der Waals surface area contributed by atoms with E-state index in [0.29, 0.717) is 25.3 Å². The second kappa shape index (κ2) is 11.4. The number of nitrogens with one attached hydrogen (secondary N) is 3. The summed E-state index contributed by atoms with van der Waals surface area (Å²) in [6, 6.07) is 15.3. The lowest BCUT2D eigenvalue weighted by Gasteiger charge is -2.14. The Labute approximate surface area is 166 Å². The minimum atomic E-state index is -0.0950. The molecule has 1 amide bonds. The van der Waals surface area contributed by atoms with Crippen molar-refractivity contribution in [3.05, 3.63) is 77.9 Å². The molecule has 0 saturated carbocycles. The summed E-state index contributed by atoms with van der Waals surface area (Å²) in [7, 11) is 1.62. The average Bonchev–Trinajstić information content (AvgIpc) is 2.74. The summed E-state index contributed by atoms with van der Waals surface area (Å²) >= 11 is 0. The Morgan fingerprint density at radius 2 is 1.89 bits per heavy atom. The van der Waals surface area contributed by atoms with E-state index in [-0.39, 0.29) is 5.91 Å². The first-order valence-corrected chi connectivity index (χ1v) is 9.32. The fourth-order valence-corrected chi connectivity index (χ4v) is 2.54. The molecule has 2 aromatic carbocycles. The Morgan fingerprint density at radius 1 is 1.14 bits per heavy atom. The molecule has 0 heterocycles. The highest BCUT2D eigenvalue weighted by molar-refractivity contribution is 5.93. The summed E-state index contributed by atoms with van der Waals surface area (Å²) in [5.74, 6) is 1.45. The molecule has 6 nitrogen and oxygen atoms in total. The SMILES string of the molecule is C=CCOc1ccccc1CNC(=NCc1ccc(C(=O)NC)cc1)NCC. The summed E-state index contributed by atoms with van der Waals surface area (Å²) in [6.45, 7) is 8.04. The predicted octanol–water partition coefficient (Wildman–Crippen LogP) is 2.87. The number of guanidine groups is 1. The first-order chi connectivity index (χ1) is 13.7. The van der Waals surface area contributed by atoms with E-state index in [1.54, 1.807) is 25.3 Å². The normalized spacial score (nSPS) is 10.9. The Kier molecular flexibility index (Phi) is 8.59. The van der Waals surface area contributed by atoms with Crippen LogP contribution in [-0.4, -0.2) is 32.1 Å². The van der Waals surface area contributed by atoms with Crippen molar-refractivity contribution in [1.82, 2.24) is 16.0 Å². The third-order valence-corrected chi connectivity index (χ3v) is 3.98. The van der Waals surface area contributed by atoms with Crippen LogP contribution < -0.4 is 20.7 Å². The molecule has 0 spiro atoms. The number of carbonyl (C=O) groups excluding carboxylic acids is 1. The van der Waals surface area contributed by atoms with Gasteiger partial charge in [0.05, 0.1) is 6.54 Å². The van der Waals surface area contributed by atoms with Gasteiger partial charge in [-0.1, -0.05) is 43.0 Å². The van der Waals surface area contributed by atoms with Crippen molar-refractivity contribution in [3.8, 4) is 5.75 Å². The highest BCUT2D eigenvalue weighted by Gasteiger charge is 2.05. The van der Waals surface area contributed by atoms with E-state index in [9.17, 15) is 4.79 Å². The van der Waals surface area contributed by atoms with Gasteiger partial charge in [0.25, 0.3) is 5.91 Å². The van der Waals surface area contributed by atoms with E-state index in [1.165, 1.54) is 0 Å². The maximum Gasteiger partial charge on any atom is 0.251 e. The van der Waals surface area contributed by atoms with Gasteiger partial charge >= 0.3 is 0 Å². The van der Waals surface area contributed by atoms with Crippen molar-refractivity contribution in [2.45, 2.75) is 20.0 Å². The Balaban J connectivity index is 2.01. The van der Waals surface area contributed by atoms with Crippen molar-refractivity contribution in [2.24, 2.45) is 4.99 Å². The second-order valence-electron chi connectivity index (χ2n) is 6.03. The van der Waals surface area contributed by atoms with Crippen LogP contribution in [0.3, 0.4) is 0 Å². The number of carbonyl (C=O) groups is 1. The zero-order valence-electron chi connectivity index (χ0n) is 16.5. The predicted molar refractivity (Wildman–Crippen MR) is 114 cm³/mol. The summed E-state index contributed by atoms with van der Waals surface area (Å²) < 4.78 is 5.70. The molecule has 0 aliphatic carbocycles. The smallest absolute Gasteiger partial charge is 0.251 e. The molecule has 0 atom stereocenters. The molecule has 0 unspecified atom stereocenters. The molecule has 6 heteroatoms. The Hall–Kier alpha value is -3.28. The zero-order valence-corrected chi connectivity index (χ0v) is 16.5. The van der Waals surface area contributed by atoms with Crippen LogP contribution in [0.5, 0.6) is 5.75 Å².